The number of unbranched alkanes of at least 4 members (excludes halogenated alkanes) is 2. The highest BCUT2D eigenvalue weighted by molar-refractivity contribution is 8.93. The average Bonchev–Trinajstić information content (AvgIpc) is 2.56. The molecule has 1 rings (SSSR count). The van der Waals surface area contributed by atoms with Crippen molar-refractivity contribution >= 4 is 23.0 Å². The largest absolute Gasteiger partial charge is 0.464 e. The molecule has 5 heteroatoms. The van der Waals surface area contributed by atoms with Gasteiger partial charge in [0.1, 0.15) is 6.54 Å². The lowest BCUT2D eigenvalue weighted by Crippen LogP contribution is -2.37. The van der Waals surface area contributed by atoms with Gasteiger partial charge in [-0.05, 0) is 13.3 Å². The summed E-state index contributed by atoms with van der Waals surface area (Å²) in [5.41, 5.74) is 0. The van der Waals surface area contributed by atoms with Gasteiger partial charge in [0.05, 0.1) is 12.8 Å². The normalized spacial score (nSPS) is 18.2. The highest BCUT2D eigenvalue weighted by Gasteiger charge is 2.21. The Bertz CT molecular complexity index is 259. The van der Waals surface area contributed by atoms with E-state index in [1.54, 1.807) is 0 Å². The number of nitrogens with zero attached hydrogens (tertiary/aromatic N) is 2. The van der Waals surface area contributed by atoms with Crippen LogP contribution in [0.3, 0.4) is 0 Å². The highest BCUT2D eigenvalue weighted by Crippen LogP contribution is 2.12. The second kappa shape index (κ2) is 8.39. The maximum atomic E-state index is 11.5. The molecule has 0 aromatic rings. The fourth-order valence-corrected chi connectivity index (χ4v) is 1.59. The Labute approximate surface area is 114 Å². The molecule has 0 aromatic carbocycles. The molecule has 1 atom stereocenters. The van der Waals surface area contributed by atoms with E-state index in [0.717, 1.165) is 19.3 Å². The van der Waals surface area contributed by atoms with E-state index in [0.29, 0.717) is 13.2 Å². The van der Waals surface area contributed by atoms with Crippen LogP contribution in [0, 0.1) is 0 Å². The van der Waals surface area contributed by atoms with Gasteiger partial charge >= 0.3 is 5.97 Å². The zero-order valence-electron chi connectivity index (χ0n) is 10.9. The van der Waals surface area contributed by atoms with Crippen LogP contribution in [-0.4, -0.2) is 42.1 Å². The lowest BCUT2D eigenvalue weighted by molar-refractivity contribution is -0.145. The molecule has 0 spiro atoms. The van der Waals surface area contributed by atoms with Crippen LogP contribution in [-0.2, 0) is 9.53 Å². The molecule has 1 aliphatic rings. The van der Waals surface area contributed by atoms with E-state index < -0.39 is 0 Å². The smallest absolute Gasteiger partial charge is 0.325 e. The molecule has 1 unspecified atom stereocenters. The first kappa shape index (κ1) is 16.3. The van der Waals surface area contributed by atoms with Gasteiger partial charge in [-0.1, -0.05) is 19.8 Å². The lowest BCUT2D eigenvalue weighted by atomic mass is 10.3. The van der Waals surface area contributed by atoms with Crippen molar-refractivity contribution in [1.82, 2.24) is 9.80 Å². The quantitative estimate of drug-likeness (QED) is 0.557. The molecule has 1 aliphatic heterocycles. The number of carbonyl (C=O) groups is 1. The Morgan fingerprint density at radius 3 is 2.59 bits per heavy atom. The highest BCUT2D eigenvalue weighted by atomic mass is 79.9. The van der Waals surface area contributed by atoms with Gasteiger partial charge in [0.25, 0.3) is 0 Å². The Balaban J connectivity index is 0.00000256. The van der Waals surface area contributed by atoms with Gasteiger partial charge in [-0.15, -0.1) is 17.0 Å². The Morgan fingerprint density at radius 2 is 2.06 bits per heavy atom. The van der Waals surface area contributed by atoms with Gasteiger partial charge in [0.15, 0.2) is 0 Å². The van der Waals surface area contributed by atoms with Crippen molar-refractivity contribution < 1.29 is 9.53 Å². The van der Waals surface area contributed by atoms with Gasteiger partial charge in [0, 0.05) is 19.4 Å². The molecule has 0 saturated carbocycles. The number of ether oxygens (including phenoxy) is 1. The minimum Gasteiger partial charge on any atom is -0.464 e. The Hall–Kier alpha value is -0.710. The summed E-state index contributed by atoms with van der Waals surface area (Å²) in [4.78, 5) is 15.5. The van der Waals surface area contributed by atoms with Crippen molar-refractivity contribution in [2.45, 2.75) is 39.3 Å². The van der Waals surface area contributed by atoms with Crippen LogP contribution in [0.4, 0.5) is 0 Å². The fraction of sp³-hybridized carbons (Fsp3) is 0.750. The molecule has 0 N–H and O–H groups in total. The molecule has 4 nitrogen and oxygen atoms in total. The van der Waals surface area contributed by atoms with E-state index >= 15 is 0 Å². The van der Waals surface area contributed by atoms with E-state index in [9.17, 15) is 4.79 Å². The van der Waals surface area contributed by atoms with Crippen LogP contribution in [0.2, 0.25) is 0 Å². The zero-order chi connectivity index (χ0) is 12.0. The number of halogens is 1. The monoisotopic (exact) mass is 306 g/mol. The third kappa shape index (κ3) is 5.44. The summed E-state index contributed by atoms with van der Waals surface area (Å²) in [6.07, 6.45) is 7.37. The minimum absolute atomic E-state index is 0. The van der Waals surface area contributed by atoms with Crippen molar-refractivity contribution in [3.8, 4) is 0 Å². The fourth-order valence-electron chi connectivity index (χ4n) is 1.59. The third-order valence-corrected chi connectivity index (χ3v) is 2.89. The molecular weight excluding hydrogens is 284 g/mol. The van der Waals surface area contributed by atoms with Crippen LogP contribution in [0.1, 0.15) is 33.1 Å². The SMILES string of the molecule is Br.CCCCCOC(=O)CN1C=CN(C)C1C. The number of hydrogen-bond donors (Lipinski definition) is 0. The Morgan fingerprint density at radius 1 is 1.35 bits per heavy atom. The molecular formula is C12H23BrN2O2. The van der Waals surface area contributed by atoms with Crippen LogP contribution in [0.5, 0.6) is 0 Å². The van der Waals surface area contributed by atoms with Crippen LogP contribution < -0.4 is 0 Å². The van der Waals surface area contributed by atoms with Crippen molar-refractivity contribution in [3.63, 3.8) is 0 Å². The molecule has 0 fully saturated rings. The molecule has 0 bridgehead atoms. The number of hydrogen-bond acceptors (Lipinski definition) is 4. The average molecular weight is 307 g/mol. The van der Waals surface area contributed by atoms with Crippen LogP contribution in [0.15, 0.2) is 12.4 Å². The van der Waals surface area contributed by atoms with Crippen molar-refractivity contribution in [3.05, 3.63) is 12.4 Å². The second-order valence-electron chi connectivity index (χ2n) is 4.20. The van der Waals surface area contributed by atoms with E-state index in [4.69, 9.17) is 4.74 Å². The van der Waals surface area contributed by atoms with Gasteiger partial charge in [-0.25, -0.2) is 0 Å². The molecule has 0 radical (unpaired) electrons. The summed E-state index contributed by atoms with van der Waals surface area (Å²) in [6.45, 7) is 5.08. The molecule has 17 heavy (non-hydrogen) atoms. The summed E-state index contributed by atoms with van der Waals surface area (Å²) in [5, 5.41) is 0. The molecule has 1 heterocycles. The van der Waals surface area contributed by atoms with Gasteiger partial charge in [-0.3, -0.25) is 4.79 Å². The van der Waals surface area contributed by atoms with Gasteiger partial charge in [-0.2, -0.15) is 0 Å². The molecule has 0 aliphatic carbocycles. The zero-order valence-corrected chi connectivity index (χ0v) is 12.6. The summed E-state index contributed by atoms with van der Waals surface area (Å²) in [7, 11) is 1.99. The van der Waals surface area contributed by atoms with Crippen LogP contribution >= 0.6 is 17.0 Å². The van der Waals surface area contributed by atoms with Crippen LogP contribution in [0.25, 0.3) is 0 Å². The van der Waals surface area contributed by atoms with E-state index in [-0.39, 0.29) is 29.1 Å². The maximum Gasteiger partial charge on any atom is 0.325 e. The van der Waals surface area contributed by atoms with E-state index in [1.807, 2.05) is 24.3 Å². The van der Waals surface area contributed by atoms with Gasteiger partial charge in [0.2, 0.25) is 0 Å². The van der Waals surface area contributed by atoms with E-state index in [1.165, 1.54) is 0 Å². The summed E-state index contributed by atoms with van der Waals surface area (Å²) in [6, 6.07) is 0. The van der Waals surface area contributed by atoms with E-state index in [2.05, 4.69) is 18.7 Å². The predicted molar refractivity (Wildman–Crippen MR) is 73.9 cm³/mol. The topological polar surface area (TPSA) is 32.8 Å². The van der Waals surface area contributed by atoms with Gasteiger partial charge < -0.3 is 14.5 Å². The van der Waals surface area contributed by atoms with Crippen molar-refractivity contribution in [2.24, 2.45) is 0 Å². The summed E-state index contributed by atoms with van der Waals surface area (Å²) >= 11 is 0. The second-order valence-corrected chi connectivity index (χ2v) is 4.20. The Kier molecular flexibility index (Phi) is 8.04. The number of esters is 1. The minimum atomic E-state index is -0.136. The summed E-state index contributed by atoms with van der Waals surface area (Å²) in [5.74, 6) is -0.136. The molecule has 0 saturated heterocycles. The molecule has 100 valence electrons. The molecule has 0 amide bonds. The van der Waals surface area contributed by atoms with Crippen molar-refractivity contribution in [2.75, 3.05) is 20.2 Å². The first-order valence-electron chi connectivity index (χ1n) is 5.96. The first-order chi connectivity index (χ1) is 7.65. The summed E-state index contributed by atoms with van der Waals surface area (Å²) < 4.78 is 5.16. The standard InChI is InChI=1S/C12H22N2O2.BrH/c1-4-5-6-9-16-12(15)10-14-8-7-13(3)11(14)2;/h7-8,11H,4-6,9-10H2,1-3H3;1H. The molecule has 0 aromatic heterocycles. The third-order valence-electron chi connectivity index (χ3n) is 2.89. The maximum absolute atomic E-state index is 11.5. The number of carbonyl (C=O) groups excluding carboxylic acids is 1. The van der Waals surface area contributed by atoms with Crippen molar-refractivity contribution in [1.29, 1.82) is 0 Å². The number of rotatable bonds is 6. The lowest BCUT2D eigenvalue weighted by Gasteiger charge is -2.25. The first-order valence-corrected chi connectivity index (χ1v) is 5.96. The predicted octanol–water partition coefficient (Wildman–Crippen LogP) is 2.36.